The molecule has 0 spiro atoms. The lowest BCUT2D eigenvalue weighted by Gasteiger charge is -2.23. The van der Waals surface area contributed by atoms with Gasteiger partial charge < -0.3 is 9.84 Å². The van der Waals surface area contributed by atoms with Crippen LogP contribution in [0.3, 0.4) is 0 Å². The molecule has 11 heavy (non-hydrogen) atoms. The number of ketones is 1. The van der Waals surface area contributed by atoms with Crippen LogP contribution in [-0.4, -0.2) is 23.1 Å². The Bertz CT molecular complexity index is 207. The summed E-state index contributed by atoms with van der Waals surface area (Å²) in [7, 11) is 0. The van der Waals surface area contributed by atoms with E-state index in [9.17, 15) is 4.79 Å². The lowest BCUT2D eigenvalue weighted by molar-refractivity contribution is -0.139. The monoisotopic (exact) mass is 156 g/mol. The number of hydrogen-bond donors (Lipinski definition) is 1. The molecule has 0 radical (unpaired) electrons. The smallest absolute Gasteiger partial charge is 0.192 e. The number of Topliss-reactive ketones (excluding diaryl/α,β-unsaturated/α-hetero) is 1. The summed E-state index contributed by atoms with van der Waals surface area (Å²) in [5.74, 6) is 0.599. The highest BCUT2D eigenvalue weighted by Crippen LogP contribution is 2.28. The Morgan fingerprint density at radius 3 is 2.73 bits per heavy atom. The van der Waals surface area contributed by atoms with E-state index in [1.807, 2.05) is 6.08 Å². The number of ether oxygens (including phenoxy) is 1. The molecule has 3 heteroatoms. The second kappa shape index (κ2) is 2.66. The summed E-state index contributed by atoms with van der Waals surface area (Å²) in [5.41, 5.74) is -0.968. The zero-order valence-corrected chi connectivity index (χ0v) is 6.76. The van der Waals surface area contributed by atoms with Crippen LogP contribution in [0.2, 0.25) is 0 Å². The van der Waals surface area contributed by atoms with Crippen molar-refractivity contribution in [2.45, 2.75) is 25.9 Å². The summed E-state index contributed by atoms with van der Waals surface area (Å²) < 4.78 is 5.22. The van der Waals surface area contributed by atoms with Gasteiger partial charge in [0, 0.05) is 6.42 Å². The molecular weight excluding hydrogens is 144 g/mol. The molecule has 0 aromatic carbocycles. The third kappa shape index (κ3) is 1.28. The Hall–Kier alpha value is -0.830. The predicted molar refractivity (Wildman–Crippen MR) is 40.0 cm³/mol. The van der Waals surface area contributed by atoms with Gasteiger partial charge in [0.1, 0.15) is 0 Å². The molecule has 1 aliphatic heterocycles. The van der Waals surface area contributed by atoms with Gasteiger partial charge in [-0.15, -0.1) is 0 Å². The highest BCUT2D eigenvalue weighted by molar-refractivity contribution is 5.86. The molecule has 0 aromatic rings. The van der Waals surface area contributed by atoms with Crippen LogP contribution in [0.15, 0.2) is 11.8 Å². The summed E-state index contributed by atoms with van der Waals surface area (Å²) in [4.78, 5) is 11.0. The fraction of sp³-hybridized carbons (Fsp3) is 0.625. The van der Waals surface area contributed by atoms with Gasteiger partial charge >= 0.3 is 0 Å². The number of rotatable bonds is 2. The molecule has 0 fully saturated rings. The zero-order valence-electron chi connectivity index (χ0n) is 6.76. The van der Waals surface area contributed by atoms with Gasteiger partial charge in [-0.05, 0) is 19.9 Å². The number of hydrogen-bond acceptors (Lipinski definition) is 3. The first-order chi connectivity index (χ1) is 5.10. The molecule has 3 nitrogen and oxygen atoms in total. The Balaban J connectivity index is 2.75. The minimum Gasteiger partial charge on any atom is -0.482 e. The first kappa shape index (κ1) is 8.27. The summed E-state index contributed by atoms with van der Waals surface area (Å²) in [6.07, 6.45) is 2.31. The Kier molecular flexibility index (Phi) is 2.00. The van der Waals surface area contributed by atoms with Crippen LogP contribution in [0.4, 0.5) is 0 Å². The Labute approximate surface area is 65.7 Å². The maximum Gasteiger partial charge on any atom is 0.192 e. The largest absolute Gasteiger partial charge is 0.482 e. The number of carbonyl (C=O) groups is 1. The van der Waals surface area contributed by atoms with Gasteiger partial charge in [-0.2, -0.15) is 0 Å². The van der Waals surface area contributed by atoms with Crippen LogP contribution >= 0.6 is 0 Å². The van der Waals surface area contributed by atoms with Crippen LogP contribution in [-0.2, 0) is 9.53 Å². The van der Waals surface area contributed by atoms with Gasteiger partial charge in [-0.1, -0.05) is 0 Å². The van der Waals surface area contributed by atoms with Crippen LogP contribution in [0.25, 0.3) is 0 Å². The molecule has 0 amide bonds. The lowest BCUT2D eigenvalue weighted by Crippen LogP contribution is -2.40. The Morgan fingerprint density at radius 1 is 1.91 bits per heavy atom. The molecule has 1 rings (SSSR count). The van der Waals surface area contributed by atoms with Crippen molar-refractivity contribution in [2.24, 2.45) is 0 Å². The highest BCUT2D eigenvalue weighted by Gasteiger charge is 2.39. The number of carbonyl (C=O) groups excluding carboxylic acids is 1. The average Bonchev–Trinajstić information content (AvgIpc) is 2.33. The van der Waals surface area contributed by atoms with E-state index in [1.54, 1.807) is 6.92 Å². The van der Waals surface area contributed by atoms with Crippen molar-refractivity contribution in [1.82, 2.24) is 0 Å². The van der Waals surface area contributed by atoms with Crippen molar-refractivity contribution in [1.29, 1.82) is 0 Å². The van der Waals surface area contributed by atoms with Crippen LogP contribution in [0.5, 0.6) is 0 Å². The first-order valence-corrected chi connectivity index (χ1v) is 3.58. The van der Waals surface area contributed by atoms with E-state index in [-0.39, 0.29) is 12.4 Å². The summed E-state index contributed by atoms with van der Waals surface area (Å²) in [6.45, 7) is 2.97. The van der Waals surface area contributed by atoms with E-state index < -0.39 is 5.60 Å². The number of aliphatic hydroxyl groups excluding tert-OH is 1. The molecule has 0 aromatic heterocycles. The third-order valence-electron chi connectivity index (χ3n) is 1.97. The van der Waals surface area contributed by atoms with Crippen molar-refractivity contribution in [2.75, 3.05) is 6.61 Å². The molecule has 62 valence electrons. The van der Waals surface area contributed by atoms with E-state index >= 15 is 0 Å². The van der Waals surface area contributed by atoms with Crippen molar-refractivity contribution in [3.05, 3.63) is 11.8 Å². The maximum absolute atomic E-state index is 11.0. The van der Waals surface area contributed by atoms with E-state index in [0.717, 1.165) is 0 Å². The topological polar surface area (TPSA) is 46.5 Å². The van der Waals surface area contributed by atoms with Gasteiger partial charge in [0.15, 0.2) is 11.4 Å². The van der Waals surface area contributed by atoms with Crippen molar-refractivity contribution < 1.29 is 14.6 Å². The van der Waals surface area contributed by atoms with E-state index in [4.69, 9.17) is 9.84 Å². The molecule has 1 heterocycles. The van der Waals surface area contributed by atoms with Crippen molar-refractivity contribution in [3.8, 4) is 0 Å². The first-order valence-electron chi connectivity index (χ1n) is 3.58. The predicted octanol–water partition coefficient (Wildman–Crippen LogP) is 0.631. The summed E-state index contributed by atoms with van der Waals surface area (Å²) in [6, 6.07) is 0. The average molecular weight is 156 g/mol. The number of aliphatic hydroxyl groups is 1. The van der Waals surface area contributed by atoms with E-state index in [2.05, 4.69) is 0 Å². The molecule has 1 N–H and O–H groups in total. The molecule has 0 bridgehead atoms. The second-order valence-electron chi connectivity index (χ2n) is 2.83. The molecule has 0 saturated carbocycles. The van der Waals surface area contributed by atoms with Gasteiger partial charge in [-0.3, -0.25) is 4.79 Å². The third-order valence-corrected chi connectivity index (χ3v) is 1.97. The van der Waals surface area contributed by atoms with Gasteiger partial charge in [0.2, 0.25) is 0 Å². The SMILES string of the molecule is CC(=O)C1(CO)CC=C(C)O1. The highest BCUT2D eigenvalue weighted by atomic mass is 16.5. The van der Waals surface area contributed by atoms with Crippen molar-refractivity contribution in [3.63, 3.8) is 0 Å². The van der Waals surface area contributed by atoms with Gasteiger partial charge in [-0.25, -0.2) is 0 Å². The fourth-order valence-corrected chi connectivity index (χ4v) is 1.12. The molecule has 0 aliphatic carbocycles. The van der Waals surface area contributed by atoms with Crippen LogP contribution in [0, 0.1) is 0 Å². The number of allylic oxidation sites excluding steroid dienone is 1. The summed E-state index contributed by atoms with van der Waals surface area (Å²) in [5, 5.41) is 8.93. The van der Waals surface area contributed by atoms with Gasteiger partial charge in [0.05, 0.1) is 12.4 Å². The normalized spacial score (nSPS) is 29.5. The van der Waals surface area contributed by atoms with E-state index in [0.29, 0.717) is 12.2 Å². The van der Waals surface area contributed by atoms with E-state index in [1.165, 1.54) is 6.92 Å². The van der Waals surface area contributed by atoms with Crippen LogP contribution in [0.1, 0.15) is 20.3 Å². The Morgan fingerprint density at radius 2 is 2.55 bits per heavy atom. The minimum absolute atomic E-state index is 0.117. The van der Waals surface area contributed by atoms with Crippen molar-refractivity contribution >= 4 is 5.78 Å². The molecule has 1 unspecified atom stereocenters. The maximum atomic E-state index is 11.0. The summed E-state index contributed by atoms with van der Waals surface area (Å²) >= 11 is 0. The molecule has 0 saturated heterocycles. The minimum atomic E-state index is -0.968. The molecular formula is C8H12O3. The van der Waals surface area contributed by atoms with Crippen LogP contribution < -0.4 is 0 Å². The second-order valence-corrected chi connectivity index (χ2v) is 2.83. The lowest BCUT2D eigenvalue weighted by atomic mass is 9.98. The molecule has 1 aliphatic rings. The zero-order chi connectivity index (χ0) is 8.48. The quantitative estimate of drug-likeness (QED) is 0.637. The molecule has 1 atom stereocenters. The fourth-order valence-electron chi connectivity index (χ4n) is 1.12. The van der Waals surface area contributed by atoms with Gasteiger partial charge in [0.25, 0.3) is 0 Å². The standard InChI is InChI=1S/C8H12O3/c1-6-3-4-8(5-9,11-6)7(2)10/h3,9H,4-5H2,1-2H3.